The highest BCUT2D eigenvalue weighted by atomic mass is 19.4. The highest BCUT2D eigenvalue weighted by molar-refractivity contribution is 5.55. The number of para-hydroxylation sites is 1. The minimum atomic E-state index is -4.30. The van der Waals surface area contributed by atoms with Gasteiger partial charge in [0.2, 0.25) is 0 Å². The topological polar surface area (TPSA) is 15.3 Å². The van der Waals surface area contributed by atoms with Crippen molar-refractivity contribution in [3.63, 3.8) is 0 Å². The smallest absolute Gasteiger partial charge is 0.368 e. The first-order valence-corrected chi connectivity index (χ1v) is 7.08. The number of piperazine rings is 1. The lowest BCUT2D eigenvalue weighted by atomic mass is 9.96. The van der Waals surface area contributed by atoms with Crippen molar-refractivity contribution >= 4 is 5.69 Å². The third kappa shape index (κ3) is 3.26. The molecule has 1 aromatic carbocycles. The largest absolute Gasteiger partial charge is 0.418 e. The van der Waals surface area contributed by atoms with Crippen LogP contribution in [0.3, 0.4) is 0 Å². The summed E-state index contributed by atoms with van der Waals surface area (Å²) in [6.45, 7) is 6.20. The van der Waals surface area contributed by atoms with E-state index in [-0.39, 0.29) is 6.04 Å². The SMILES string of the molecule is CCC(C)C1CN(c2ccccc2C(F)(F)F)CCN1. The Morgan fingerprint density at radius 2 is 2.05 bits per heavy atom. The summed E-state index contributed by atoms with van der Waals surface area (Å²) in [6, 6.07) is 6.10. The standard InChI is InChI=1S/C15H21F3N2/c1-3-11(2)13-10-20(9-8-19-13)14-7-5-4-6-12(14)15(16,17)18/h4-7,11,13,19H,3,8-10H2,1-2H3. The Balaban J connectivity index is 2.23. The number of nitrogens with one attached hydrogen (secondary N) is 1. The molecular formula is C15H21F3N2. The Bertz CT molecular complexity index is 445. The molecular weight excluding hydrogens is 265 g/mol. The van der Waals surface area contributed by atoms with E-state index in [9.17, 15) is 13.2 Å². The molecule has 1 aliphatic rings. The molecule has 0 radical (unpaired) electrons. The summed E-state index contributed by atoms with van der Waals surface area (Å²) in [5, 5.41) is 3.40. The van der Waals surface area contributed by atoms with Crippen molar-refractivity contribution in [3.05, 3.63) is 29.8 Å². The van der Waals surface area contributed by atoms with Crippen molar-refractivity contribution in [3.8, 4) is 0 Å². The molecule has 2 nitrogen and oxygen atoms in total. The van der Waals surface area contributed by atoms with Crippen LogP contribution in [0.1, 0.15) is 25.8 Å². The minimum absolute atomic E-state index is 0.245. The summed E-state index contributed by atoms with van der Waals surface area (Å²) in [5.74, 6) is 0.454. The van der Waals surface area contributed by atoms with Crippen molar-refractivity contribution in [2.24, 2.45) is 5.92 Å². The fourth-order valence-corrected chi connectivity index (χ4v) is 2.65. The molecule has 0 spiro atoms. The van der Waals surface area contributed by atoms with Crippen molar-refractivity contribution in [2.75, 3.05) is 24.5 Å². The van der Waals surface area contributed by atoms with E-state index in [1.54, 1.807) is 12.1 Å². The maximum Gasteiger partial charge on any atom is 0.418 e. The minimum Gasteiger partial charge on any atom is -0.368 e. The molecule has 1 heterocycles. The van der Waals surface area contributed by atoms with Gasteiger partial charge in [-0.2, -0.15) is 13.2 Å². The summed E-state index contributed by atoms with van der Waals surface area (Å²) in [7, 11) is 0. The lowest BCUT2D eigenvalue weighted by Crippen LogP contribution is -2.53. The molecule has 112 valence electrons. The number of rotatable bonds is 3. The Kier molecular flexibility index (Phi) is 4.58. The predicted octanol–water partition coefficient (Wildman–Crippen LogP) is 3.53. The van der Waals surface area contributed by atoms with Gasteiger partial charge < -0.3 is 10.2 Å². The van der Waals surface area contributed by atoms with Crippen LogP contribution in [0.5, 0.6) is 0 Å². The number of alkyl halides is 3. The van der Waals surface area contributed by atoms with Gasteiger partial charge in [0, 0.05) is 31.4 Å². The second-order valence-electron chi connectivity index (χ2n) is 5.41. The lowest BCUT2D eigenvalue weighted by Gasteiger charge is -2.38. The van der Waals surface area contributed by atoms with Gasteiger partial charge in [0.25, 0.3) is 0 Å². The van der Waals surface area contributed by atoms with Crippen LogP contribution < -0.4 is 10.2 Å². The fraction of sp³-hybridized carbons (Fsp3) is 0.600. The zero-order chi connectivity index (χ0) is 14.8. The second-order valence-corrected chi connectivity index (χ2v) is 5.41. The first-order valence-electron chi connectivity index (χ1n) is 7.08. The molecule has 2 rings (SSSR count). The first kappa shape index (κ1) is 15.2. The maximum absolute atomic E-state index is 13.1. The Labute approximate surface area is 118 Å². The molecule has 1 saturated heterocycles. The molecule has 1 aromatic rings. The first-order chi connectivity index (χ1) is 9.43. The summed E-state index contributed by atoms with van der Waals surface area (Å²) >= 11 is 0. The van der Waals surface area contributed by atoms with Crippen LogP contribution in [-0.2, 0) is 6.18 Å². The maximum atomic E-state index is 13.1. The third-order valence-electron chi connectivity index (χ3n) is 4.09. The summed E-state index contributed by atoms with van der Waals surface area (Å²) in [5.41, 5.74) is -0.236. The number of anilines is 1. The van der Waals surface area contributed by atoms with Crippen molar-refractivity contribution in [1.29, 1.82) is 0 Å². The highest BCUT2D eigenvalue weighted by Crippen LogP contribution is 2.36. The van der Waals surface area contributed by atoms with E-state index >= 15 is 0 Å². The van der Waals surface area contributed by atoms with Crippen molar-refractivity contribution in [2.45, 2.75) is 32.5 Å². The molecule has 0 saturated carbocycles. The summed E-state index contributed by atoms with van der Waals surface area (Å²) < 4.78 is 39.2. The Morgan fingerprint density at radius 1 is 1.35 bits per heavy atom. The third-order valence-corrected chi connectivity index (χ3v) is 4.09. The molecule has 0 aliphatic carbocycles. The van der Waals surface area contributed by atoms with Crippen LogP contribution in [0.2, 0.25) is 0 Å². The normalized spacial score (nSPS) is 21.9. The molecule has 1 aliphatic heterocycles. The van der Waals surface area contributed by atoms with Gasteiger partial charge in [0.15, 0.2) is 0 Å². The Hall–Kier alpha value is -1.23. The molecule has 0 amide bonds. The lowest BCUT2D eigenvalue weighted by molar-refractivity contribution is -0.137. The van der Waals surface area contributed by atoms with Gasteiger partial charge in [-0.25, -0.2) is 0 Å². The van der Waals surface area contributed by atoms with E-state index < -0.39 is 11.7 Å². The van der Waals surface area contributed by atoms with Gasteiger partial charge >= 0.3 is 6.18 Å². The van der Waals surface area contributed by atoms with Crippen LogP contribution in [-0.4, -0.2) is 25.7 Å². The number of benzene rings is 1. The van der Waals surface area contributed by atoms with Crippen LogP contribution >= 0.6 is 0 Å². The molecule has 2 unspecified atom stereocenters. The Morgan fingerprint density at radius 3 is 2.70 bits per heavy atom. The summed E-state index contributed by atoms with van der Waals surface area (Å²) in [4.78, 5) is 1.86. The second kappa shape index (κ2) is 6.04. The van der Waals surface area contributed by atoms with Gasteiger partial charge in [-0.3, -0.25) is 0 Å². The predicted molar refractivity (Wildman–Crippen MR) is 74.9 cm³/mol. The molecule has 1 N–H and O–H groups in total. The van der Waals surface area contributed by atoms with E-state index in [1.165, 1.54) is 6.07 Å². The van der Waals surface area contributed by atoms with Crippen LogP contribution in [0.4, 0.5) is 18.9 Å². The van der Waals surface area contributed by atoms with E-state index in [2.05, 4.69) is 19.2 Å². The van der Waals surface area contributed by atoms with E-state index in [0.29, 0.717) is 24.7 Å². The zero-order valence-corrected chi connectivity index (χ0v) is 11.9. The molecule has 1 fully saturated rings. The monoisotopic (exact) mass is 286 g/mol. The van der Waals surface area contributed by atoms with E-state index in [0.717, 1.165) is 19.0 Å². The molecule has 0 bridgehead atoms. The molecule has 0 aromatic heterocycles. The van der Waals surface area contributed by atoms with Gasteiger partial charge in [-0.15, -0.1) is 0 Å². The zero-order valence-electron chi connectivity index (χ0n) is 11.9. The van der Waals surface area contributed by atoms with E-state index in [4.69, 9.17) is 0 Å². The van der Waals surface area contributed by atoms with Crippen LogP contribution in [0.25, 0.3) is 0 Å². The highest BCUT2D eigenvalue weighted by Gasteiger charge is 2.35. The number of halogens is 3. The van der Waals surface area contributed by atoms with Crippen molar-refractivity contribution in [1.82, 2.24) is 5.32 Å². The van der Waals surface area contributed by atoms with Crippen LogP contribution in [0.15, 0.2) is 24.3 Å². The fourth-order valence-electron chi connectivity index (χ4n) is 2.65. The number of hydrogen-bond acceptors (Lipinski definition) is 2. The van der Waals surface area contributed by atoms with Crippen LogP contribution in [0, 0.1) is 5.92 Å². The van der Waals surface area contributed by atoms with E-state index in [1.807, 2.05) is 4.90 Å². The number of nitrogens with zero attached hydrogens (tertiary/aromatic N) is 1. The number of hydrogen-bond donors (Lipinski definition) is 1. The summed E-state index contributed by atoms with van der Waals surface area (Å²) in [6.07, 6.45) is -3.28. The van der Waals surface area contributed by atoms with Gasteiger partial charge in [-0.1, -0.05) is 32.4 Å². The van der Waals surface area contributed by atoms with Gasteiger partial charge in [-0.05, 0) is 18.1 Å². The molecule has 5 heteroatoms. The molecule has 20 heavy (non-hydrogen) atoms. The quantitative estimate of drug-likeness (QED) is 0.914. The van der Waals surface area contributed by atoms with Crippen molar-refractivity contribution < 1.29 is 13.2 Å². The average Bonchev–Trinajstić information content (AvgIpc) is 2.45. The van der Waals surface area contributed by atoms with Gasteiger partial charge in [0.1, 0.15) is 0 Å². The average molecular weight is 286 g/mol. The molecule has 2 atom stereocenters. The van der Waals surface area contributed by atoms with Gasteiger partial charge in [0.05, 0.1) is 5.56 Å².